The van der Waals surface area contributed by atoms with Gasteiger partial charge in [-0.05, 0) is 38.1 Å². The van der Waals surface area contributed by atoms with E-state index in [2.05, 4.69) is 5.32 Å². The monoisotopic (exact) mass is 421 g/mol. The molecule has 1 N–H and O–H groups in total. The second-order valence-electron chi connectivity index (χ2n) is 6.24. The molecule has 0 bridgehead atoms. The molecule has 8 heteroatoms. The molecule has 2 aromatic rings. The normalized spacial score (nSPS) is 10.4. The van der Waals surface area contributed by atoms with Crippen molar-refractivity contribution < 1.29 is 28.5 Å². The standard InChI is InChI=1S/C21H24ClNO6/c1-14(2)29-20-17(22)11-15(12-18(20)26-3)21(25)28-13-19(24)23-9-10-27-16-7-5-4-6-8-16/h4-8,11-12,14H,9-10,13H2,1-3H3,(H,23,24). The first-order chi connectivity index (χ1) is 13.9. The molecule has 156 valence electrons. The summed E-state index contributed by atoms with van der Waals surface area (Å²) in [6.45, 7) is 3.86. The Morgan fingerprint density at radius 1 is 1.14 bits per heavy atom. The number of halogens is 1. The van der Waals surface area contributed by atoms with Crippen molar-refractivity contribution in [1.29, 1.82) is 0 Å². The molecule has 7 nitrogen and oxygen atoms in total. The highest BCUT2D eigenvalue weighted by atomic mass is 35.5. The van der Waals surface area contributed by atoms with E-state index in [4.69, 9.17) is 30.5 Å². The zero-order valence-electron chi connectivity index (χ0n) is 16.6. The number of rotatable bonds is 10. The molecule has 0 aliphatic carbocycles. The molecule has 0 saturated carbocycles. The van der Waals surface area contributed by atoms with Gasteiger partial charge >= 0.3 is 5.97 Å². The Hall–Kier alpha value is -2.93. The van der Waals surface area contributed by atoms with Crippen LogP contribution in [0, 0.1) is 0 Å². The van der Waals surface area contributed by atoms with Gasteiger partial charge in [0.25, 0.3) is 5.91 Å². The summed E-state index contributed by atoms with van der Waals surface area (Å²) in [4.78, 5) is 24.1. The topological polar surface area (TPSA) is 83.1 Å². The Morgan fingerprint density at radius 2 is 1.86 bits per heavy atom. The highest BCUT2D eigenvalue weighted by Crippen LogP contribution is 2.37. The third-order valence-corrected chi connectivity index (χ3v) is 3.87. The Labute approximate surface area is 174 Å². The summed E-state index contributed by atoms with van der Waals surface area (Å²) in [5, 5.41) is 2.83. The van der Waals surface area contributed by atoms with Crippen molar-refractivity contribution in [3.05, 3.63) is 53.1 Å². The molecule has 0 heterocycles. The van der Waals surface area contributed by atoms with Crippen LogP contribution < -0.4 is 19.5 Å². The number of benzene rings is 2. The van der Waals surface area contributed by atoms with Crippen molar-refractivity contribution in [2.75, 3.05) is 26.9 Å². The maximum absolute atomic E-state index is 12.2. The summed E-state index contributed by atoms with van der Waals surface area (Å²) in [7, 11) is 1.44. The first-order valence-corrected chi connectivity index (χ1v) is 9.44. The fourth-order valence-electron chi connectivity index (χ4n) is 2.33. The van der Waals surface area contributed by atoms with Crippen LogP contribution in [-0.4, -0.2) is 44.8 Å². The summed E-state index contributed by atoms with van der Waals surface area (Å²) >= 11 is 6.19. The molecule has 29 heavy (non-hydrogen) atoms. The number of esters is 1. The van der Waals surface area contributed by atoms with Gasteiger partial charge in [0.15, 0.2) is 18.1 Å². The molecule has 0 aliphatic heterocycles. The predicted molar refractivity (Wildman–Crippen MR) is 109 cm³/mol. The third kappa shape index (κ3) is 7.19. The smallest absolute Gasteiger partial charge is 0.338 e. The third-order valence-electron chi connectivity index (χ3n) is 3.59. The van der Waals surface area contributed by atoms with E-state index >= 15 is 0 Å². The summed E-state index contributed by atoms with van der Waals surface area (Å²) in [5.74, 6) is 0.228. The number of amides is 1. The lowest BCUT2D eigenvalue weighted by molar-refractivity contribution is -0.124. The minimum atomic E-state index is -0.697. The zero-order chi connectivity index (χ0) is 21.2. The average molecular weight is 422 g/mol. The van der Waals surface area contributed by atoms with E-state index in [0.717, 1.165) is 0 Å². The van der Waals surface area contributed by atoms with Crippen LogP contribution in [0.15, 0.2) is 42.5 Å². The Bertz CT molecular complexity index is 825. The van der Waals surface area contributed by atoms with E-state index < -0.39 is 18.5 Å². The molecular formula is C21H24ClNO6. The van der Waals surface area contributed by atoms with Crippen LogP contribution in [0.2, 0.25) is 5.02 Å². The van der Waals surface area contributed by atoms with Crippen LogP contribution >= 0.6 is 11.6 Å². The van der Waals surface area contributed by atoms with Crippen LogP contribution in [0.4, 0.5) is 0 Å². The maximum atomic E-state index is 12.2. The van der Waals surface area contributed by atoms with Crippen molar-refractivity contribution in [3.8, 4) is 17.2 Å². The highest BCUT2D eigenvalue weighted by molar-refractivity contribution is 6.32. The van der Waals surface area contributed by atoms with E-state index in [1.54, 1.807) is 0 Å². The van der Waals surface area contributed by atoms with Gasteiger partial charge in [-0.1, -0.05) is 29.8 Å². The summed E-state index contributed by atoms with van der Waals surface area (Å²) in [5.41, 5.74) is 0.156. The van der Waals surface area contributed by atoms with Gasteiger partial charge in [0, 0.05) is 0 Å². The van der Waals surface area contributed by atoms with E-state index in [1.165, 1.54) is 19.2 Å². The quantitative estimate of drug-likeness (QED) is 0.467. The van der Waals surface area contributed by atoms with Gasteiger partial charge in [0.05, 0.1) is 30.3 Å². The first-order valence-electron chi connectivity index (χ1n) is 9.06. The van der Waals surface area contributed by atoms with Gasteiger partial charge in [-0.15, -0.1) is 0 Å². The SMILES string of the molecule is COc1cc(C(=O)OCC(=O)NCCOc2ccccc2)cc(Cl)c1OC(C)C. The second-order valence-corrected chi connectivity index (χ2v) is 6.65. The maximum Gasteiger partial charge on any atom is 0.338 e. The lowest BCUT2D eigenvalue weighted by Crippen LogP contribution is -2.32. The zero-order valence-corrected chi connectivity index (χ0v) is 17.3. The number of methoxy groups -OCH3 is 1. The van der Waals surface area contributed by atoms with Crippen LogP contribution in [0.1, 0.15) is 24.2 Å². The lowest BCUT2D eigenvalue weighted by atomic mass is 10.2. The molecule has 0 atom stereocenters. The molecule has 0 fully saturated rings. The van der Waals surface area contributed by atoms with Gasteiger partial charge in [-0.3, -0.25) is 4.79 Å². The Morgan fingerprint density at radius 3 is 2.52 bits per heavy atom. The first kappa shape index (κ1) is 22.4. The number of ether oxygens (including phenoxy) is 4. The number of hydrogen-bond donors (Lipinski definition) is 1. The van der Waals surface area contributed by atoms with Crippen LogP contribution in [0.3, 0.4) is 0 Å². The van der Waals surface area contributed by atoms with Crippen molar-refractivity contribution in [3.63, 3.8) is 0 Å². The number of carbonyl (C=O) groups excluding carboxylic acids is 2. The van der Waals surface area contributed by atoms with Gasteiger partial charge in [0.1, 0.15) is 12.4 Å². The molecule has 0 aliphatic rings. The molecule has 1 amide bonds. The predicted octanol–water partition coefficient (Wildman–Crippen LogP) is 3.49. The van der Waals surface area contributed by atoms with E-state index in [1.807, 2.05) is 44.2 Å². The number of hydrogen-bond acceptors (Lipinski definition) is 6. The largest absolute Gasteiger partial charge is 0.493 e. The van der Waals surface area contributed by atoms with Crippen molar-refractivity contribution in [1.82, 2.24) is 5.32 Å². The molecule has 0 aromatic heterocycles. The molecule has 0 saturated heterocycles. The lowest BCUT2D eigenvalue weighted by Gasteiger charge is -2.16. The van der Waals surface area contributed by atoms with Gasteiger partial charge in [0.2, 0.25) is 0 Å². The minimum Gasteiger partial charge on any atom is -0.493 e. The molecule has 0 spiro atoms. The Balaban J connectivity index is 1.82. The summed E-state index contributed by atoms with van der Waals surface area (Å²) < 4.78 is 21.3. The van der Waals surface area contributed by atoms with Gasteiger partial charge < -0.3 is 24.3 Å². The van der Waals surface area contributed by atoms with Crippen LogP contribution in [-0.2, 0) is 9.53 Å². The van der Waals surface area contributed by atoms with Crippen molar-refractivity contribution in [2.24, 2.45) is 0 Å². The van der Waals surface area contributed by atoms with Crippen molar-refractivity contribution >= 4 is 23.5 Å². The molecule has 2 aromatic carbocycles. The minimum absolute atomic E-state index is 0.117. The average Bonchev–Trinajstić information content (AvgIpc) is 2.71. The van der Waals surface area contributed by atoms with E-state index in [9.17, 15) is 9.59 Å². The summed E-state index contributed by atoms with van der Waals surface area (Å²) in [6, 6.07) is 12.1. The van der Waals surface area contributed by atoms with Gasteiger partial charge in [-0.25, -0.2) is 4.79 Å². The molecular weight excluding hydrogens is 398 g/mol. The van der Waals surface area contributed by atoms with E-state index in [0.29, 0.717) is 23.9 Å². The van der Waals surface area contributed by atoms with Crippen molar-refractivity contribution in [2.45, 2.75) is 20.0 Å². The molecule has 0 radical (unpaired) electrons. The number of para-hydroxylation sites is 1. The molecule has 2 rings (SSSR count). The second kappa shape index (κ2) is 11.2. The van der Waals surface area contributed by atoms with Crippen LogP contribution in [0.5, 0.6) is 17.2 Å². The highest BCUT2D eigenvalue weighted by Gasteiger charge is 2.18. The number of nitrogens with one attached hydrogen (secondary N) is 1. The fourth-order valence-corrected chi connectivity index (χ4v) is 2.58. The van der Waals surface area contributed by atoms with Gasteiger partial charge in [-0.2, -0.15) is 0 Å². The van der Waals surface area contributed by atoms with E-state index in [-0.39, 0.29) is 23.2 Å². The van der Waals surface area contributed by atoms with Crippen LogP contribution in [0.25, 0.3) is 0 Å². The fraction of sp³-hybridized carbons (Fsp3) is 0.333. The Kier molecular flexibility index (Phi) is 8.61. The summed E-state index contributed by atoms with van der Waals surface area (Å²) in [6.07, 6.45) is -0.117. The number of carbonyl (C=O) groups is 2. The molecule has 0 unspecified atom stereocenters.